The van der Waals surface area contributed by atoms with Crippen LogP contribution in [0, 0.1) is 11.6 Å². The molecule has 3 aromatic rings. The molecule has 0 saturated heterocycles. The molecule has 1 aliphatic heterocycles. The van der Waals surface area contributed by atoms with Crippen molar-refractivity contribution in [2.75, 3.05) is 13.2 Å². The van der Waals surface area contributed by atoms with E-state index in [1.807, 2.05) is 18.2 Å². The summed E-state index contributed by atoms with van der Waals surface area (Å²) < 4.78 is 37.5. The maximum atomic E-state index is 13.5. The Bertz CT molecular complexity index is 1180. The second-order valence-corrected chi connectivity index (χ2v) is 7.51. The molecule has 4 rings (SSSR count). The van der Waals surface area contributed by atoms with Gasteiger partial charge < -0.3 is 14.8 Å². The van der Waals surface area contributed by atoms with Gasteiger partial charge >= 0.3 is 6.09 Å². The van der Waals surface area contributed by atoms with E-state index in [2.05, 4.69) is 5.32 Å². The highest BCUT2D eigenvalue weighted by Gasteiger charge is 2.40. The topological polar surface area (TPSA) is 84.9 Å². The van der Waals surface area contributed by atoms with Crippen molar-refractivity contribution < 1.29 is 32.6 Å². The van der Waals surface area contributed by atoms with Crippen molar-refractivity contribution in [3.8, 4) is 5.75 Å². The number of amides is 3. The zero-order valence-corrected chi connectivity index (χ0v) is 17.9. The van der Waals surface area contributed by atoms with Crippen molar-refractivity contribution in [2.24, 2.45) is 0 Å². The Kier molecular flexibility index (Phi) is 6.82. The number of halogens is 2. The number of carbonyl (C=O) groups excluding carboxylic acids is 3. The molecule has 0 aromatic heterocycles. The van der Waals surface area contributed by atoms with Crippen LogP contribution >= 0.6 is 0 Å². The quantitative estimate of drug-likeness (QED) is 0.509. The van der Waals surface area contributed by atoms with E-state index >= 15 is 0 Å². The molecule has 34 heavy (non-hydrogen) atoms. The molecule has 174 valence electrons. The Morgan fingerprint density at radius 2 is 1.53 bits per heavy atom. The molecule has 0 spiro atoms. The third kappa shape index (κ3) is 5.03. The molecule has 1 N–H and O–H groups in total. The van der Waals surface area contributed by atoms with Crippen LogP contribution in [0.4, 0.5) is 13.6 Å². The van der Waals surface area contributed by atoms with Gasteiger partial charge in [-0.1, -0.05) is 42.5 Å². The molecule has 7 nitrogen and oxygen atoms in total. The molecule has 1 unspecified atom stereocenters. The number of rotatable bonds is 8. The van der Waals surface area contributed by atoms with Crippen LogP contribution in [0.15, 0.2) is 72.8 Å². The number of hydrogen-bond donors (Lipinski definition) is 1. The highest BCUT2D eigenvalue weighted by atomic mass is 19.2. The van der Waals surface area contributed by atoms with Crippen LogP contribution in [-0.4, -0.2) is 42.0 Å². The van der Waals surface area contributed by atoms with Gasteiger partial charge in [0, 0.05) is 12.6 Å². The number of nitrogens with one attached hydrogen (secondary N) is 1. The molecule has 1 heterocycles. The van der Waals surface area contributed by atoms with Gasteiger partial charge in [0.1, 0.15) is 19.0 Å². The lowest BCUT2D eigenvalue weighted by molar-refractivity contribution is 0.0524. The molecule has 0 bridgehead atoms. The van der Waals surface area contributed by atoms with Crippen molar-refractivity contribution in [3.63, 3.8) is 0 Å². The summed E-state index contributed by atoms with van der Waals surface area (Å²) in [5.41, 5.74) is 1.25. The SMILES string of the molecule is O=C(NCC(COc1ccc(F)c(F)c1)N1C(=O)c2ccccc2C1=O)OCc1ccccc1. The summed E-state index contributed by atoms with van der Waals surface area (Å²) in [6, 6.07) is 17.4. The largest absolute Gasteiger partial charge is 0.491 e. The summed E-state index contributed by atoms with van der Waals surface area (Å²) in [7, 11) is 0. The molecule has 1 atom stereocenters. The molecule has 1 aliphatic rings. The van der Waals surface area contributed by atoms with Gasteiger partial charge in [-0.05, 0) is 29.8 Å². The Balaban J connectivity index is 1.46. The number of fused-ring (bicyclic) bond motifs is 1. The smallest absolute Gasteiger partial charge is 0.407 e. The molecule has 0 saturated carbocycles. The standard InChI is InChI=1S/C25H20F2N2O5/c26-21-11-10-18(12-22(21)27)33-15-17(13-28-25(32)34-14-16-6-2-1-3-7-16)29-23(30)19-8-4-5-9-20(19)24(29)31/h1-12,17H,13-15H2,(H,28,32). The number of hydrogen-bond acceptors (Lipinski definition) is 5. The molecule has 0 aliphatic carbocycles. The van der Waals surface area contributed by atoms with Crippen LogP contribution in [0.1, 0.15) is 26.3 Å². The van der Waals surface area contributed by atoms with Crippen LogP contribution in [0.5, 0.6) is 5.75 Å². The summed E-state index contributed by atoms with van der Waals surface area (Å²) >= 11 is 0. The molecule has 0 fully saturated rings. The number of imide groups is 1. The summed E-state index contributed by atoms with van der Waals surface area (Å²) in [6.07, 6.45) is -0.752. The van der Waals surface area contributed by atoms with Gasteiger partial charge in [0.15, 0.2) is 11.6 Å². The molecule has 3 amide bonds. The summed E-state index contributed by atoms with van der Waals surface area (Å²) in [5.74, 6) is -3.21. The second-order valence-electron chi connectivity index (χ2n) is 7.51. The van der Waals surface area contributed by atoms with Gasteiger partial charge in [0.2, 0.25) is 0 Å². The highest BCUT2D eigenvalue weighted by Crippen LogP contribution is 2.25. The zero-order valence-electron chi connectivity index (χ0n) is 17.9. The first-order chi connectivity index (χ1) is 16.4. The van der Waals surface area contributed by atoms with Crippen molar-refractivity contribution in [3.05, 3.63) is 101 Å². The minimum Gasteiger partial charge on any atom is -0.491 e. The normalized spacial score (nSPS) is 13.4. The monoisotopic (exact) mass is 466 g/mol. The van der Waals surface area contributed by atoms with E-state index in [0.717, 1.165) is 22.6 Å². The summed E-state index contributed by atoms with van der Waals surface area (Å²) in [5, 5.41) is 2.53. The van der Waals surface area contributed by atoms with Crippen molar-refractivity contribution in [2.45, 2.75) is 12.6 Å². The second kappa shape index (κ2) is 10.1. The van der Waals surface area contributed by atoms with Crippen molar-refractivity contribution in [1.29, 1.82) is 0 Å². The Morgan fingerprint density at radius 3 is 2.18 bits per heavy atom. The molecular weight excluding hydrogens is 446 g/mol. The van der Waals surface area contributed by atoms with E-state index in [4.69, 9.17) is 9.47 Å². The van der Waals surface area contributed by atoms with E-state index < -0.39 is 35.6 Å². The van der Waals surface area contributed by atoms with Crippen LogP contribution in [0.3, 0.4) is 0 Å². The van der Waals surface area contributed by atoms with Crippen LogP contribution in [0.2, 0.25) is 0 Å². The van der Waals surface area contributed by atoms with E-state index in [1.165, 1.54) is 18.2 Å². The lowest BCUT2D eigenvalue weighted by atomic mass is 10.1. The summed E-state index contributed by atoms with van der Waals surface area (Å²) in [4.78, 5) is 39.0. The molecule has 0 radical (unpaired) electrons. The number of benzene rings is 3. The maximum absolute atomic E-state index is 13.5. The fraction of sp³-hybridized carbons (Fsp3) is 0.160. The van der Waals surface area contributed by atoms with Gasteiger partial charge in [-0.15, -0.1) is 0 Å². The van der Waals surface area contributed by atoms with Crippen LogP contribution in [0.25, 0.3) is 0 Å². The first-order valence-electron chi connectivity index (χ1n) is 10.4. The van der Waals surface area contributed by atoms with E-state index in [9.17, 15) is 23.2 Å². The van der Waals surface area contributed by atoms with E-state index in [-0.39, 0.29) is 36.6 Å². The first-order valence-corrected chi connectivity index (χ1v) is 10.4. The number of ether oxygens (including phenoxy) is 2. The summed E-state index contributed by atoms with van der Waals surface area (Å²) in [6.45, 7) is -0.409. The first kappa shape index (κ1) is 22.9. The van der Waals surface area contributed by atoms with Crippen LogP contribution < -0.4 is 10.1 Å². The Morgan fingerprint density at radius 1 is 0.882 bits per heavy atom. The van der Waals surface area contributed by atoms with Crippen molar-refractivity contribution >= 4 is 17.9 Å². The van der Waals surface area contributed by atoms with Crippen molar-refractivity contribution in [1.82, 2.24) is 10.2 Å². The Labute approximate surface area is 193 Å². The third-order valence-corrected chi connectivity index (χ3v) is 5.22. The maximum Gasteiger partial charge on any atom is 0.407 e. The van der Waals surface area contributed by atoms with Crippen LogP contribution in [-0.2, 0) is 11.3 Å². The predicted molar refractivity (Wildman–Crippen MR) is 117 cm³/mol. The fourth-order valence-corrected chi connectivity index (χ4v) is 3.50. The highest BCUT2D eigenvalue weighted by molar-refractivity contribution is 6.21. The van der Waals surface area contributed by atoms with Gasteiger partial charge in [-0.2, -0.15) is 0 Å². The van der Waals surface area contributed by atoms with Gasteiger partial charge in [-0.25, -0.2) is 13.6 Å². The fourth-order valence-electron chi connectivity index (χ4n) is 3.50. The molecule has 9 heteroatoms. The number of carbonyl (C=O) groups is 3. The Hall–Kier alpha value is -4.27. The average Bonchev–Trinajstić information content (AvgIpc) is 3.11. The lowest BCUT2D eigenvalue weighted by Gasteiger charge is -2.26. The van der Waals surface area contributed by atoms with E-state index in [0.29, 0.717) is 0 Å². The lowest BCUT2D eigenvalue weighted by Crippen LogP contribution is -2.49. The minimum absolute atomic E-state index is 0.00663. The van der Waals surface area contributed by atoms with E-state index in [1.54, 1.807) is 24.3 Å². The molecular formula is C25H20F2N2O5. The van der Waals surface area contributed by atoms with Gasteiger partial charge in [-0.3, -0.25) is 14.5 Å². The zero-order chi connectivity index (χ0) is 24.1. The van der Waals surface area contributed by atoms with Gasteiger partial charge in [0.25, 0.3) is 11.8 Å². The number of nitrogens with zero attached hydrogens (tertiary/aromatic N) is 1. The minimum atomic E-state index is -1.10. The molecule has 3 aromatic carbocycles. The predicted octanol–water partition coefficient (Wildman–Crippen LogP) is 3.93. The average molecular weight is 466 g/mol. The number of alkyl carbamates (subject to hydrolysis) is 1. The third-order valence-electron chi connectivity index (χ3n) is 5.22. The van der Waals surface area contributed by atoms with Gasteiger partial charge in [0.05, 0.1) is 17.2 Å².